The quantitative estimate of drug-likeness (QED) is 0.185. The molecule has 0 bridgehead atoms. The molecule has 0 aromatic heterocycles. The molecule has 10 nitrogen and oxygen atoms in total. The fraction of sp³-hybridized carbons (Fsp3) is 0.381. The van der Waals surface area contributed by atoms with Crippen molar-refractivity contribution in [3.05, 3.63) is 58.6 Å². The number of hydrogen-bond donors (Lipinski definition) is 2. The monoisotopic (exact) mass is 496 g/mol. The van der Waals surface area contributed by atoms with Crippen LogP contribution in [-0.4, -0.2) is 63.3 Å². The van der Waals surface area contributed by atoms with Crippen molar-refractivity contribution in [3.63, 3.8) is 0 Å². The van der Waals surface area contributed by atoms with E-state index in [4.69, 9.17) is 5.14 Å². The molecule has 0 heterocycles. The molecule has 3 N–H and O–H groups in total. The molecular formula is C21H28N4O6S2. The Morgan fingerprint density at radius 1 is 1.24 bits per heavy atom. The lowest BCUT2D eigenvalue weighted by atomic mass is 10.2. The van der Waals surface area contributed by atoms with E-state index in [0.29, 0.717) is 25.3 Å². The number of ether oxygens (including phenoxy) is 1. The number of esters is 1. The van der Waals surface area contributed by atoms with E-state index in [1.54, 1.807) is 11.8 Å². The van der Waals surface area contributed by atoms with E-state index >= 15 is 0 Å². The number of methoxy groups -OCH3 is 1. The van der Waals surface area contributed by atoms with Crippen LogP contribution in [0.2, 0.25) is 0 Å². The van der Waals surface area contributed by atoms with Crippen LogP contribution < -0.4 is 10.5 Å². The van der Waals surface area contributed by atoms with Gasteiger partial charge in [-0.15, -0.1) is 11.8 Å². The summed E-state index contributed by atoms with van der Waals surface area (Å²) in [6, 6.07) is 13.1. The largest absolute Gasteiger partial charge is 0.469 e. The minimum absolute atomic E-state index is 0.171. The summed E-state index contributed by atoms with van der Waals surface area (Å²) in [5.41, 5.74) is -0.154. The maximum absolute atomic E-state index is 11.6. The standard InChI is InChI=1S/C21H28N4O6S2/c1-24(13-11-21(26)31-2)12-10-16(15-32-17-6-4-3-5-7-17)23-19-9-8-18(33(22,29)30)14-20(19)25(27)28/h3-9,14,16,23H,10-13,15H2,1-2H3,(H2,22,29,30)/t16-/m1/s1. The third-order valence-electron chi connectivity index (χ3n) is 4.83. The van der Waals surface area contributed by atoms with Crippen LogP contribution in [-0.2, 0) is 19.6 Å². The van der Waals surface area contributed by atoms with Crippen molar-refractivity contribution in [2.24, 2.45) is 5.14 Å². The molecule has 2 aromatic carbocycles. The zero-order chi connectivity index (χ0) is 24.4. The molecule has 0 aliphatic heterocycles. The second-order valence-corrected chi connectivity index (χ2v) is 10.0. The van der Waals surface area contributed by atoms with E-state index in [-0.39, 0.29) is 34.7 Å². The van der Waals surface area contributed by atoms with E-state index in [0.717, 1.165) is 11.0 Å². The molecule has 0 fully saturated rings. The molecule has 33 heavy (non-hydrogen) atoms. The van der Waals surface area contributed by atoms with Crippen LogP contribution in [0.5, 0.6) is 0 Å². The highest BCUT2D eigenvalue weighted by atomic mass is 32.2. The van der Waals surface area contributed by atoms with Crippen LogP contribution >= 0.6 is 11.8 Å². The zero-order valence-corrected chi connectivity index (χ0v) is 20.1. The van der Waals surface area contributed by atoms with Gasteiger partial charge in [-0.05, 0) is 44.3 Å². The average molecular weight is 497 g/mol. The van der Waals surface area contributed by atoms with Crippen LogP contribution in [0.4, 0.5) is 11.4 Å². The number of anilines is 1. The summed E-state index contributed by atoms with van der Waals surface area (Å²) < 4.78 is 27.9. The Balaban J connectivity index is 2.16. The van der Waals surface area contributed by atoms with Crippen molar-refractivity contribution >= 4 is 39.1 Å². The molecule has 0 radical (unpaired) electrons. The van der Waals surface area contributed by atoms with E-state index in [9.17, 15) is 23.3 Å². The number of carbonyl (C=O) groups excluding carboxylic acids is 1. The van der Waals surface area contributed by atoms with Crippen molar-refractivity contribution in [1.29, 1.82) is 0 Å². The molecule has 0 amide bonds. The van der Waals surface area contributed by atoms with E-state index in [1.807, 2.05) is 42.3 Å². The number of nitrogens with zero attached hydrogens (tertiary/aromatic N) is 2. The van der Waals surface area contributed by atoms with Gasteiger partial charge in [0.05, 0.1) is 23.3 Å². The van der Waals surface area contributed by atoms with Crippen LogP contribution in [0.3, 0.4) is 0 Å². The predicted molar refractivity (Wildman–Crippen MR) is 128 cm³/mol. The van der Waals surface area contributed by atoms with Crippen LogP contribution in [0.1, 0.15) is 12.8 Å². The van der Waals surface area contributed by atoms with Gasteiger partial charge in [0.15, 0.2) is 0 Å². The summed E-state index contributed by atoms with van der Waals surface area (Å²) in [6.07, 6.45) is 0.899. The molecule has 0 aliphatic carbocycles. The Labute approximate surface area is 197 Å². The lowest BCUT2D eigenvalue weighted by Crippen LogP contribution is -2.31. The Kier molecular flexibility index (Phi) is 10.1. The molecular weight excluding hydrogens is 468 g/mol. The van der Waals surface area contributed by atoms with Gasteiger partial charge in [0.25, 0.3) is 5.69 Å². The maximum atomic E-state index is 11.6. The van der Waals surface area contributed by atoms with Crippen LogP contribution in [0.25, 0.3) is 0 Å². The number of rotatable bonds is 13. The minimum Gasteiger partial charge on any atom is -0.469 e. The van der Waals surface area contributed by atoms with Crippen molar-refractivity contribution in [1.82, 2.24) is 4.90 Å². The van der Waals surface area contributed by atoms with Crippen molar-refractivity contribution in [2.45, 2.75) is 28.7 Å². The lowest BCUT2D eigenvalue weighted by molar-refractivity contribution is -0.384. The fourth-order valence-corrected chi connectivity index (χ4v) is 4.49. The molecule has 1 atom stereocenters. The second kappa shape index (κ2) is 12.5. The summed E-state index contributed by atoms with van der Waals surface area (Å²) >= 11 is 1.60. The third kappa shape index (κ3) is 9.00. The molecule has 0 saturated heterocycles. The van der Waals surface area contributed by atoms with Gasteiger partial charge in [0.2, 0.25) is 10.0 Å². The van der Waals surface area contributed by atoms with Gasteiger partial charge in [0, 0.05) is 29.3 Å². The molecule has 0 saturated carbocycles. The first-order valence-corrected chi connectivity index (χ1v) is 12.6. The van der Waals surface area contributed by atoms with Crippen molar-refractivity contribution in [3.8, 4) is 0 Å². The van der Waals surface area contributed by atoms with E-state index in [1.165, 1.54) is 19.2 Å². The highest BCUT2D eigenvalue weighted by Gasteiger charge is 2.21. The Hall–Kier alpha value is -2.67. The summed E-state index contributed by atoms with van der Waals surface area (Å²) in [6.45, 7) is 1.15. The van der Waals surface area contributed by atoms with Gasteiger partial charge in [0.1, 0.15) is 5.69 Å². The number of nitrogens with two attached hydrogens (primary N) is 1. The average Bonchev–Trinajstić information content (AvgIpc) is 2.79. The number of benzene rings is 2. The van der Waals surface area contributed by atoms with Gasteiger partial charge in [-0.1, -0.05) is 18.2 Å². The van der Waals surface area contributed by atoms with E-state index in [2.05, 4.69) is 10.1 Å². The number of primary sulfonamides is 1. The summed E-state index contributed by atoms with van der Waals surface area (Å²) in [4.78, 5) is 25.0. The molecule has 2 aromatic rings. The number of nitrogens with one attached hydrogen (secondary N) is 1. The van der Waals surface area contributed by atoms with Gasteiger partial charge < -0.3 is 15.0 Å². The molecule has 0 spiro atoms. The number of hydrogen-bond acceptors (Lipinski definition) is 9. The molecule has 180 valence electrons. The van der Waals surface area contributed by atoms with Crippen LogP contribution in [0, 0.1) is 10.1 Å². The Morgan fingerprint density at radius 3 is 2.55 bits per heavy atom. The summed E-state index contributed by atoms with van der Waals surface area (Å²) in [5.74, 6) is 0.324. The highest BCUT2D eigenvalue weighted by molar-refractivity contribution is 7.99. The summed E-state index contributed by atoms with van der Waals surface area (Å²) in [7, 11) is -0.841. The van der Waals surface area contributed by atoms with Gasteiger partial charge >= 0.3 is 5.97 Å². The van der Waals surface area contributed by atoms with Gasteiger partial charge in [-0.25, -0.2) is 13.6 Å². The lowest BCUT2D eigenvalue weighted by Gasteiger charge is -2.23. The second-order valence-electron chi connectivity index (χ2n) is 7.36. The Bertz CT molecular complexity index is 1050. The third-order valence-corrected chi connectivity index (χ3v) is 6.92. The van der Waals surface area contributed by atoms with Crippen molar-refractivity contribution < 1.29 is 22.9 Å². The fourth-order valence-electron chi connectivity index (χ4n) is 2.96. The molecule has 2 rings (SSSR count). The molecule has 0 unspecified atom stereocenters. The minimum atomic E-state index is -4.07. The Morgan fingerprint density at radius 2 is 1.94 bits per heavy atom. The first kappa shape index (κ1) is 26.6. The number of sulfonamides is 1. The number of thioether (sulfide) groups is 1. The van der Waals surface area contributed by atoms with Crippen molar-refractivity contribution in [2.75, 3.05) is 38.3 Å². The topological polar surface area (TPSA) is 145 Å². The number of nitro groups is 1. The molecule has 0 aliphatic rings. The first-order chi connectivity index (χ1) is 15.6. The van der Waals surface area contributed by atoms with Gasteiger partial charge in [-0.2, -0.15) is 0 Å². The van der Waals surface area contributed by atoms with Gasteiger partial charge in [-0.3, -0.25) is 14.9 Å². The highest BCUT2D eigenvalue weighted by Crippen LogP contribution is 2.29. The number of nitro benzene ring substituents is 1. The van der Waals surface area contributed by atoms with Crippen LogP contribution in [0.15, 0.2) is 58.3 Å². The predicted octanol–water partition coefficient (Wildman–Crippen LogP) is 2.70. The zero-order valence-electron chi connectivity index (χ0n) is 18.5. The van der Waals surface area contributed by atoms with E-state index < -0.39 is 14.9 Å². The maximum Gasteiger partial charge on any atom is 0.306 e. The summed E-state index contributed by atoms with van der Waals surface area (Å²) in [5, 5.41) is 19.9. The first-order valence-electron chi connectivity index (χ1n) is 10.1. The normalized spacial score (nSPS) is 12.4. The SMILES string of the molecule is COC(=O)CCN(C)CC[C@H](CSc1ccccc1)Nc1ccc(S(N)(=O)=O)cc1[N+](=O)[O-]. The molecule has 12 heteroatoms. The smallest absolute Gasteiger partial charge is 0.306 e. The number of carbonyl (C=O) groups is 1.